The minimum absolute atomic E-state index is 0.169. The SMILES string of the molecule is Cc1nn(C)c(OCCOC(C)(C)C)c1C(N)=S. The Morgan fingerprint density at radius 2 is 2.00 bits per heavy atom. The fourth-order valence-corrected chi connectivity index (χ4v) is 1.81. The lowest BCUT2D eigenvalue weighted by atomic mass is 10.2. The lowest BCUT2D eigenvalue weighted by Crippen LogP contribution is -2.23. The van der Waals surface area contributed by atoms with Crippen molar-refractivity contribution < 1.29 is 9.47 Å². The van der Waals surface area contributed by atoms with Crippen LogP contribution in [0.15, 0.2) is 0 Å². The van der Waals surface area contributed by atoms with E-state index < -0.39 is 0 Å². The molecule has 0 saturated heterocycles. The Labute approximate surface area is 113 Å². The maximum Gasteiger partial charge on any atom is 0.222 e. The molecule has 1 aromatic heterocycles. The van der Waals surface area contributed by atoms with Crippen molar-refractivity contribution in [3.8, 4) is 5.88 Å². The number of hydrogen-bond acceptors (Lipinski definition) is 4. The molecule has 0 unspecified atom stereocenters. The van der Waals surface area contributed by atoms with Gasteiger partial charge in [-0.05, 0) is 27.7 Å². The van der Waals surface area contributed by atoms with Gasteiger partial charge in [-0.1, -0.05) is 12.2 Å². The molecule has 0 aliphatic heterocycles. The smallest absolute Gasteiger partial charge is 0.222 e. The van der Waals surface area contributed by atoms with Gasteiger partial charge < -0.3 is 15.2 Å². The van der Waals surface area contributed by atoms with E-state index in [1.54, 1.807) is 11.7 Å². The van der Waals surface area contributed by atoms with E-state index in [-0.39, 0.29) is 5.60 Å². The van der Waals surface area contributed by atoms with Gasteiger partial charge in [-0.3, -0.25) is 0 Å². The molecule has 1 aromatic rings. The molecule has 0 aliphatic carbocycles. The van der Waals surface area contributed by atoms with Gasteiger partial charge in [-0.25, -0.2) is 4.68 Å². The molecule has 6 heteroatoms. The van der Waals surface area contributed by atoms with Gasteiger partial charge in [0, 0.05) is 7.05 Å². The van der Waals surface area contributed by atoms with E-state index >= 15 is 0 Å². The number of aryl methyl sites for hydroxylation is 2. The predicted octanol–water partition coefficient (Wildman–Crippen LogP) is 1.56. The van der Waals surface area contributed by atoms with Crippen LogP contribution >= 0.6 is 12.2 Å². The van der Waals surface area contributed by atoms with Crippen molar-refractivity contribution >= 4 is 17.2 Å². The molecule has 102 valence electrons. The Balaban J connectivity index is 2.65. The van der Waals surface area contributed by atoms with Crippen LogP contribution < -0.4 is 10.5 Å². The summed E-state index contributed by atoms with van der Waals surface area (Å²) in [5.41, 5.74) is 6.97. The Hall–Kier alpha value is -1.14. The van der Waals surface area contributed by atoms with Gasteiger partial charge in [0.2, 0.25) is 5.88 Å². The molecule has 0 radical (unpaired) electrons. The van der Waals surface area contributed by atoms with E-state index in [9.17, 15) is 0 Å². The molecular weight excluding hydrogens is 250 g/mol. The molecule has 5 nitrogen and oxygen atoms in total. The van der Waals surface area contributed by atoms with Crippen LogP contribution in [0.1, 0.15) is 32.0 Å². The summed E-state index contributed by atoms with van der Waals surface area (Å²) in [6, 6.07) is 0. The van der Waals surface area contributed by atoms with Gasteiger partial charge >= 0.3 is 0 Å². The van der Waals surface area contributed by atoms with E-state index in [2.05, 4.69) is 5.10 Å². The van der Waals surface area contributed by atoms with Gasteiger partial charge in [0.05, 0.1) is 23.5 Å². The van der Waals surface area contributed by atoms with Crippen LogP contribution in [0.3, 0.4) is 0 Å². The van der Waals surface area contributed by atoms with Crippen molar-refractivity contribution in [3.05, 3.63) is 11.3 Å². The molecule has 1 heterocycles. The van der Waals surface area contributed by atoms with Gasteiger partial charge in [-0.15, -0.1) is 0 Å². The van der Waals surface area contributed by atoms with Gasteiger partial charge in [0.25, 0.3) is 0 Å². The predicted molar refractivity (Wildman–Crippen MR) is 75.0 cm³/mol. The maximum absolute atomic E-state index is 5.67. The average Bonchev–Trinajstić information content (AvgIpc) is 2.46. The maximum atomic E-state index is 5.67. The first kappa shape index (κ1) is 14.9. The van der Waals surface area contributed by atoms with Crippen molar-refractivity contribution in [3.63, 3.8) is 0 Å². The molecule has 0 aliphatic rings. The first-order valence-electron chi connectivity index (χ1n) is 5.82. The summed E-state index contributed by atoms with van der Waals surface area (Å²) in [5.74, 6) is 0.595. The van der Waals surface area contributed by atoms with Crippen LogP contribution in [-0.4, -0.2) is 33.6 Å². The second kappa shape index (κ2) is 5.67. The summed E-state index contributed by atoms with van der Waals surface area (Å²) in [5, 5.41) is 4.24. The minimum atomic E-state index is -0.169. The van der Waals surface area contributed by atoms with E-state index in [4.69, 9.17) is 27.4 Å². The molecule has 1 rings (SSSR count). The highest BCUT2D eigenvalue weighted by Gasteiger charge is 2.17. The largest absolute Gasteiger partial charge is 0.475 e. The molecule has 0 saturated carbocycles. The molecule has 0 spiro atoms. The van der Waals surface area contributed by atoms with Crippen LogP contribution in [0.4, 0.5) is 0 Å². The van der Waals surface area contributed by atoms with Crippen LogP contribution in [0.2, 0.25) is 0 Å². The Morgan fingerprint density at radius 1 is 1.39 bits per heavy atom. The van der Waals surface area contributed by atoms with E-state index in [0.717, 1.165) is 5.69 Å². The molecule has 0 amide bonds. The second-order valence-electron chi connectivity index (χ2n) is 5.06. The van der Waals surface area contributed by atoms with Crippen molar-refractivity contribution in [1.82, 2.24) is 9.78 Å². The number of nitrogens with two attached hydrogens (primary N) is 1. The number of rotatable bonds is 5. The van der Waals surface area contributed by atoms with E-state index in [1.165, 1.54) is 0 Å². The lowest BCUT2D eigenvalue weighted by Gasteiger charge is -2.19. The first-order valence-corrected chi connectivity index (χ1v) is 6.23. The zero-order chi connectivity index (χ0) is 13.9. The Kier molecular flexibility index (Phi) is 4.70. The number of hydrogen-bond donors (Lipinski definition) is 1. The third kappa shape index (κ3) is 3.96. The topological polar surface area (TPSA) is 62.3 Å². The summed E-state index contributed by atoms with van der Waals surface area (Å²) in [7, 11) is 1.80. The first-order chi connectivity index (χ1) is 8.22. The number of aromatic nitrogens is 2. The summed E-state index contributed by atoms with van der Waals surface area (Å²) in [4.78, 5) is 0.298. The van der Waals surface area contributed by atoms with Crippen LogP contribution in [0, 0.1) is 6.92 Å². The molecule has 0 bridgehead atoms. The Bertz CT molecular complexity index is 435. The molecule has 0 fully saturated rings. The Morgan fingerprint density at radius 3 is 2.50 bits per heavy atom. The van der Waals surface area contributed by atoms with Gasteiger partial charge in [-0.2, -0.15) is 5.10 Å². The molecule has 2 N–H and O–H groups in total. The van der Waals surface area contributed by atoms with Crippen molar-refractivity contribution in [2.75, 3.05) is 13.2 Å². The number of ether oxygens (including phenoxy) is 2. The molecule has 0 aromatic carbocycles. The lowest BCUT2D eigenvalue weighted by molar-refractivity contribution is -0.0172. The quantitative estimate of drug-likeness (QED) is 0.650. The third-order valence-electron chi connectivity index (χ3n) is 2.27. The summed E-state index contributed by atoms with van der Waals surface area (Å²) < 4.78 is 12.9. The van der Waals surface area contributed by atoms with Crippen LogP contribution in [0.5, 0.6) is 5.88 Å². The minimum Gasteiger partial charge on any atom is -0.475 e. The second-order valence-corrected chi connectivity index (χ2v) is 5.50. The summed E-state index contributed by atoms with van der Waals surface area (Å²) >= 11 is 5.00. The fraction of sp³-hybridized carbons (Fsp3) is 0.667. The number of thiocarbonyl (C=S) groups is 1. The normalized spacial score (nSPS) is 11.6. The highest BCUT2D eigenvalue weighted by Crippen LogP contribution is 2.21. The van der Waals surface area contributed by atoms with Gasteiger partial charge in [0.1, 0.15) is 11.6 Å². The van der Waals surface area contributed by atoms with Crippen molar-refractivity contribution in [2.45, 2.75) is 33.3 Å². The highest BCUT2D eigenvalue weighted by molar-refractivity contribution is 7.80. The molecule has 18 heavy (non-hydrogen) atoms. The third-order valence-corrected chi connectivity index (χ3v) is 2.48. The van der Waals surface area contributed by atoms with Crippen LogP contribution in [-0.2, 0) is 11.8 Å². The van der Waals surface area contributed by atoms with Crippen molar-refractivity contribution in [1.29, 1.82) is 0 Å². The van der Waals surface area contributed by atoms with E-state index in [1.807, 2.05) is 27.7 Å². The fourth-order valence-electron chi connectivity index (χ4n) is 1.57. The monoisotopic (exact) mass is 271 g/mol. The van der Waals surface area contributed by atoms with Gasteiger partial charge in [0.15, 0.2) is 0 Å². The molecular formula is C12H21N3O2S. The molecule has 0 atom stereocenters. The zero-order valence-electron chi connectivity index (χ0n) is 11.6. The van der Waals surface area contributed by atoms with Crippen LogP contribution in [0.25, 0.3) is 0 Å². The summed E-state index contributed by atoms with van der Waals surface area (Å²) in [6.45, 7) is 8.80. The zero-order valence-corrected chi connectivity index (χ0v) is 12.4. The van der Waals surface area contributed by atoms with E-state index in [0.29, 0.717) is 29.6 Å². The highest BCUT2D eigenvalue weighted by atomic mass is 32.1. The number of nitrogens with zero attached hydrogens (tertiary/aromatic N) is 2. The summed E-state index contributed by atoms with van der Waals surface area (Å²) in [6.07, 6.45) is 0. The standard InChI is InChI=1S/C12H21N3O2S/c1-8-9(10(13)18)11(15(5)14-8)16-6-7-17-12(2,3)4/h6-7H2,1-5H3,(H2,13,18). The van der Waals surface area contributed by atoms with Crippen molar-refractivity contribution in [2.24, 2.45) is 12.8 Å². The average molecular weight is 271 g/mol.